The highest BCUT2D eigenvalue weighted by Gasteiger charge is 2.43. The zero-order valence-electron chi connectivity index (χ0n) is 16.2. The minimum Gasteiger partial charge on any atom is -0.480 e. The summed E-state index contributed by atoms with van der Waals surface area (Å²) in [6, 6.07) is -3.01. The van der Waals surface area contributed by atoms with Crippen LogP contribution in [-0.4, -0.2) is 75.9 Å². The third-order valence-corrected chi connectivity index (χ3v) is 5.29. The van der Waals surface area contributed by atoms with Crippen LogP contribution >= 0.6 is 0 Å². The Hall–Kier alpha value is -2.16. The highest BCUT2D eigenvalue weighted by molar-refractivity contribution is 5.94. The van der Waals surface area contributed by atoms with Gasteiger partial charge < -0.3 is 26.0 Å². The van der Waals surface area contributed by atoms with Crippen molar-refractivity contribution >= 4 is 23.7 Å². The first-order valence-electron chi connectivity index (χ1n) is 9.54. The number of hydrogen-bond donors (Lipinski definition) is 3. The van der Waals surface area contributed by atoms with Crippen molar-refractivity contribution in [3.8, 4) is 0 Å². The van der Waals surface area contributed by atoms with E-state index in [0.29, 0.717) is 38.8 Å². The fourth-order valence-electron chi connectivity index (χ4n) is 3.74. The lowest BCUT2D eigenvalue weighted by Gasteiger charge is -2.33. The summed E-state index contributed by atoms with van der Waals surface area (Å²) in [7, 11) is 0. The maximum absolute atomic E-state index is 13.1. The smallest absolute Gasteiger partial charge is 0.326 e. The summed E-state index contributed by atoms with van der Waals surface area (Å²) in [5.41, 5.74) is 5.59. The van der Waals surface area contributed by atoms with Crippen LogP contribution in [-0.2, 0) is 19.2 Å². The summed E-state index contributed by atoms with van der Waals surface area (Å²) in [5.74, 6) is -2.24. The van der Waals surface area contributed by atoms with Crippen LogP contribution in [0.25, 0.3) is 0 Å². The van der Waals surface area contributed by atoms with Gasteiger partial charge in [0.15, 0.2) is 0 Å². The number of carboxylic acid groups (broad SMARTS) is 1. The number of likely N-dealkylation sites (tertiary alicyclic amines) is 2. The Kier molecular flexibility index (Phi) is 6.80. The van der Waals surface area contributed by atoms with E-state index < -0.39 is 36.0 Å². The normalized spacial score (nSPS) is 24.8. The standard InChI is InChI=1S/C18H30N4O5/c1-10(2)14(20-15(23)11(3)19)17(25)21-8-4-6-12(21)16(24)22-9-5-7-13(22)18(26)27/h10-14H,4-9,19H2,1-3H3,(H,20,23)(H,26,27). The molecule has 0 aromatic carbocycles. The molecule has 3 amide bonds. The van der Waals surface area contributed by atoms with E-state index in [9.17, 15) is 24.3 Å². The van der Waals surface area contributed by atoms with Crippen molar-refractivity contribution in [3.05, 3.63) is 0 Å². The van der Waals surface area contributed by atoms with E-state index in [4.69, 9.17) is 5.73 Å². The Morgan fingerprint density at radius 1 is 1.00 bits per heavy atom. The third-order valence-electron chi connectivity index (χ3n) is 5.29. The molecular formula is C18H30N4O5. The molecule has 2 heterocycles. The van der Waals surface area contributed by atoms with Gasteiger partial charge in [0.05, 0.1) is 6.04 Å². The summed E-state index contributed by atoms with van der Waals surface area (Å²) >= 11 is 0. The minimum absolute atomic E-state index is 0.171. The molecule has 0 saturated carbocycles. The molecular weight excluding hydrogens is 352 g/mol. The zero-order chi connectivity index (χ0) is 20.3. The fourth-order valence-corrected chi connectivity index (χ4v) is 3.74. The number of amides is 3. The highest BCUT2D eigenvalue weighted by Crippen LogP contribution is 2.26. The number of rotatable bonds is 6. The van der Waals surface area contributed by atoms with Crippen LogP contribution in [0.4, 0.5) is 0 Å². The van der Waals surface area contributed by atoms with Crippen molar-refractivity contribution in [2.45, 2.75) is 70.6 Å². The lowest BCUT2D eigenvalue weighted by atomic mass is 10.0. The third kappa shape index (κ3) is 4.58. The van der Waals surface area contributed by atoms with Gasteiger partial charge in [-0.3, -0.25) is 14.4 Å². The molecule has 9 heteroatoms. The number of aliphatic carboxylic acids is 1. The molecule has 0 spiro atoms. The molecule has 4 N–H and O–H groups in total. The highest BCUT2D eigenvalue weighted by atomic mass is 16.4. The predicted octanol–water partition coefficient (Wildman–Crippen LogP) is -0.459. The van der Waals surface area contributed by atoms with Crippen LogP contribution in [0.1, 0.15) is 46.5 Å². The van der Waals surface area contributed by atoms with E-state index in [-0.39, 0.29) is 17.7 Å². The maximum atomic E-state index is 13.1. The molecule has 27 heavy (non-hydrogen) atoms. The van der Waals surface area contributed by atoms with Crippen molar-refractivity contribution in [2.24, 2.45) is 11.7 Å². The summed E-state index contributed by atoms with van der Waals surface area (Å²) in [4.78, 5) is 52.3. The molecule has 2 saturated heterocycles. The minimum atomic E-state index is -1.01. The SMILES string of the molecule is CC(N)C(=O)NC(C(=O)N1CCCC1C(=O)N1CCCC1C(=O)O)C(C)C. The number of carbonyl (C=O) groups excluding carboxylic acids is 3. The van der Waals surface area contributed by atoms with E-state index in [2.05, 4.69) is 5.32 Å². The van der Waals surface area contributed by atoms with E-state index in [0.717, 1.165) is 0 Å². The van der Waals surface area contributed by atoms with Gasteiger partial charge in [0.2, 0.25) is 17.7 Å². The average molecular weight is 382 g/mol. The molecule has 0 radical (unpaired) electrons. The Labute approximate surface area is 159 Å². The van der Waals surface area contributed by atoms with Crippen LogP contribution in [0.2, 0.25) is 0 Å². The van der Waals surface area contributed by atoms with Gasteiger partial charge in [-0.2, -0.15) is 0 Å². The van der Waals surface area contributed by atoms with Gasteiger partial charge >= 0.3 is 5.97 Å². The molecule has 0 aromatic heterocycles. The Balaban J connectivity index is 2.15. The summed E-state index contributed by atoms with van der Waals surface area (Å²) in [5, 5.41) is 12.0. The van der Waals surface area contributed by atoms with E-state index >= 15 is 0 Å². The lowest BCUT2D eigenvalue weighted by molar-refractivity contribution is -0.152. The van der Waals surface area contributed by atoms with Crippen LogP contribution in [0.3, 0.4) is 0 Å². The van der Waals surface area contributed by atoms with Crippen molar-refractivity contribution in [3.63, 3.8) is 0 Å². The Morgan fingerprint density at radius 3 is 2.07 bits per heavy atom. The molecule has 4 atom stereocenters. The van der Waals surface area contributed by atoms with Gasteiger partial charge in [0, 0.05) is 13.1 Å². The first-order valence-corrected chi connectivity index (χ1v) is 9.54. The topological polar surface area (TPSA) is 133 Å². The second kappa shape index (κ2) is 8.69. The van der Waals surface area contributed by atoms with Gasteiger partial charge in [-0.25, -0.2) is 4.79 Å². The number of carbonyl (C=O) groups is 4. The summed E-state index contributed by atoms with van der Waals surface area (Å²) < 4.78 is 0. The molecule has 0 aromatic rings. The van der Waals surface area contributed by atoms with Crippen LogP contribution < -0.4 is 11.1 Å². The first-order chi connectivity index (χ1) is 12.6. The van der Waals surface area contributed by atoms with Gasteiger partial charge in [0.1, 0.15) is 18.1 Å². The largest absolute Gasteiger partial charge is 0.480 e. The predicted molar refractivity (Wildman–Crippen MR) is 97.5 cm³/mol. The average Bonchev–Trinajstić information content (AvgIpc) is 3.26. The summed E-state index contributed by atoms with van der Waals surface area (Å²) in [6.07, 6.45) is 2.24. The zero-order valence-corrected chi connectivity index (χ0v) is 16.2. The van der Waals surface area contributed by atoms with Crippen LogP contribution in [0.15, 0.2) is 0 Å². The molecule has 152 valence electrons. The Morgan fingerprint density at radius 2 is 1.56 bits per heavy atom. The molecule has 4 unspecified atom stereocenters. The number of nitrogens with zero attached hydrogens (tertiary/aromatic N) is 2. The van der Waals surface area contributed by atoms with Crippen molar-refractivity contribution in [1.82, 2.24) is 15.1 Å². The molecule has 2 aliphatic rings. The molecule has 0 bridgehead atoms. The number of nitrogens with one attached hydrogen (secondary N) is 1. The second-order valence-electron chi connectivity index (χ2n) is 7.74. The quantitative estimate of drug-likeness (QED) is 0.569. The molecule has 2 rings (SSSR count). The van der Waals surface area contributed by atoms with Crippen molar-refractivity contribution in [2.75, 3.05) is 13.1 Å². The van der Waals surface area contributed by atoms with Crippen LogP contribution in [0, 0.1) is 5.92 Å². The molecule has 0 aliphatic carbocycles. The van der Waals surface area contributed by atoms with Gasteiger partial charge in [-0.1, -0.05) is 13.8 Å². The van der Waals surface area contributed by atoms with Crippen molar-refractivity contribution < 1.29 is 24.3 Å². The first kappa shape index (κ1) is 21.1. The van der Waals surface area contributed by atoms with E-state index in [1.165, 1.54) is 9.80 Å². The number of carboxylic acids is 1. The molecule has 2 aliphatic heterocycles. The van der Waals surface area contributed by atoms with Gasteiger partial charge in [-0.15, -0.1) is 0 Å². The monoisotopic (exact) mass is 382 g/mol. The Bertz CT molecular complexity index is 607. The lowest BCUT2D eigenvalue weighted by Crippen LogP contribution is -2.57. The van der Waals surface area contributed by atoms with Crippen LogP contribution in [0.5, 0.6) is 0 Å². The number of nitrogens with two attached hydrogens (primary N) is 1. The molecule has 2 fully saturated rings. The second-order valence-corrected chi connectivity index (χ2v) is 7.74. The summed E-state index contributed by atoms with van der Waals surface area (Å²) in [6.45, 7) is 5.98. The fraction of sp³-hybridized carbons (Fsp3) is 0.778. The molecule has 9 nitrogen and oxygen atoms in total. The van der Waals surface area contributed by atoms with E-state index in [1.54, 1.807) is 6.92 Å². The van der Waals surface area contributed by atoms with E-state index in [1.807, 2.05) is 13.8 Å². The number of hydrogen-bond acceptors (Lipinski definition) is 5. The van der Waals surface area contributed by atoms with Gasteiger partial charge in [0.25, 0.3) is 0 Å². The van der Waals surface area contributed by atoms with Gasteiger partial charge in [-0.05, 0) is 38.5 Å². The maximum Gasteiger partial charge on any atom is 0.326 e. The van der Waals surface area contributed by atoms with Crippen molar-refractivity contribution in [1.29, 1.82) is 0 Å².